The van der Waals surface area contributed by atoms with Crippen molar-refractivity contribution in [3.05, 3.63) is 60.3 Å². The summed E-state index contributed by atoms with van der Waals surface area (Å²) in [5, 5.41) is 3.74. The Balaban J connectivity index is 2.21. The van der Waals surface area contributed by atoms with Gasteiger partial charge in [-0.25, -0.2) is 0 Å². The first kappa shape index (κ1) is 12.0. The summed E-state index contributed by atoms with van der Waals surface area (Å²) >= 11 is 0. The molecule has 102 valence electrons. The van der Waals surface area contributed by atoms with Gasteiger partial charge in [0.05, 0.1) is 11.0 Å². The van der Waals surface area contributed by atoms with Gasteiger partial charge in [0, 0.05) is 32.9 Å². The monoisotopic (exact) mass is 272 g/mol. The number of rotatable bonds is 2. The lowest BCUT2D eigenvalue weighted by Gasteiger charge is -1.95. The summed E-state index contributed by atoms with van der Waals surface area (Å²) in [7, 11) is 0. The molecule has 0 atom stereocenters. The molecule has 0 saturated carbocycles. The molecular formula is C19H16N2. The van der Waals surface area contributed by atoms with Gasteiger partial charge in [0.1, 0.15) is 0 Å². The molecule has 0 aliphatic heterocycles. The SMILES string of the molecule is C=Cc1[nH]c2c(ccc3c4ccccc4[nH]c32)c1/C=C\C. The van der Waals surface area contributed by atoms with E-state index >= 15 is 0 Å². The maximum Gasteiger partial charge on any atom is 0.0710 e. The Labute approximate surface area is 122 Å². The Hall–Kier alpha value is -2.74. The van der Waals surface area contributed by atoms with E-state index in [-0.39, 0.29) is 0 Å². The van der Waals surface area contributed by atoms with Crippen LogP contribution < -0.4 is 0 Å². The number of fused-ring (bicyclic) bond motifs is 5. The second-order valence-corrected chi connectivity index (χ2v) is 5.24. The number of aromatic nitrogens is 2. The molecule has 0 amide bonds. The van der Waals surface area contributed by atoms with Crippen LogP contribution in [0.25, 0.3) is 44.9 Å². The smallest absolute Gasteiger partial charge is 0.0710 e. The summed E-state index contributed by atoms with van der Waals surface area (Å²) < 4.78 is 0. The lowest BCUT2D eigenvalue weighted by atomic mass is 10.1. The largest absolute Gasteiger partial charge is 0.353 e. The van der Waals surface area contributed by atoms with Crippen molar-refractivity contribution in [1.29, 1.82) is 0 Å². The van der Waals surface area contributed by atoms with Gasteiger partial charge in [-0.1, -0.05) is 49.1 Å². The van der Waals surface area contributed by atoms with Crippen LogP contribution in [0.2, 0.25) is 0 Å². The van der Waals surface area contributed by atoms with Crippen molar-refractivity contribution >= 4 is 44.9 Å². The minimum Gasteiger partial charge on any atom is -0.353 e. The van der Waals surface area contributed by atoms with Gasteiger partial charge >= 0.3 is 0 Å². The fourth-order valence-electron chi connectivity index (χ4n) is 3.13. The fraction of sp³-hybridized carbons (Fsp3) is 0.0526. The zero-order valence-corrected chi connectivity index (χ0v) is 11.9. The number of para-hydroxylation sites is 1. The van der Waals surface area contributed by atoms with E-state index in [2.05, 4.69) is 65.1 Å². The second kappa shape index (κ2) is 4.38. The third kappa shape index (κ3) is 1.59. The molecule has 2 aromatic carbocycles. The zero-order chi connectivity index (χ0) is 14.4. The van der Waals surface area contributed by atoms with Crippen LogP contribution >= 0.6 is 0 Å². The molecule has 4 aromatic rings. The Kier molecular flexibility index (Phi) is 2.51. The van der Waals surface area contributed by atoms with Crippen LogP contribution in [-0.2, 0) is 0 Å². The quantitative estimate of drug-likeness (QED) is 0.484. The zero-order valence-electron chi connectivity index (χ0n) is 11.9. The Morgan fingerprint density at radius 3 is 2.48 bits per heavy atom. The predicted molar refractivity (Wildman–Crippen MR) is 92.5 cm³/mol. The van der Waals surface area contributed by atoms with Crippen LogP contribution in [0.1, 0.15) is 18.2 Å². The first-order valence-electron chi connectivity index (χ1n) is 7.13. The lowest BCUT2D eigenvalue weighted by molar-refractivity contribution is 1.42. The van der Waals surface area contributed by atoms with Gasteiger partial charge in [-0.05, 0) is 19.1 Å². The van der Waals surface area contributed by atoms with Gasteiger partial charge in [-0.3, -0.25) is 0 Å². The van der Waals surface area contributed by atoms with Crippen molar-refractivity contribution in [3.63, 3.8) is 0 Å². The Morgan fingerprint density at radius 1 is 0.905 bits per heavy atom. The summed E-state index contributed by atoms with van der Waals surface area (Å²) in [4.78, 5) is 7.04. The first-order valence-corrected chi connectivity index (χ1v) is 7.13. The van der Waals surface area contributed by atoms with Crippen LogP contribution in [0.15, 0.2) is 49.1 Å². The van der Waals surface area contributed by atoms with E-state index in [0.29, 0.717) is 0 Å². The third-order valence-corrected chi connectivity index (χ3v) is 4.06. The molecule has 0 unspecified atom stereocenters. The van der Waals surface area contributed by atoms with Crippen molar-refractivity contribution in [3.8, 4) is 0 Å². The van der Waals surface area contributed by atoms with Crippen LogP contribution in [0.3, 0.4) is 0 Å². The van der Waals surface area contributed by atoms with Crippen LogP contribution in [0, 0.1) is 0 Å². The molecule has 0 aliphatic carbocycles. The average Bonchev–Trinajstić information content (AvgIpc) is 3.06. The molecule has 2 heterocycles. The van der Waals surface area contributed by atoms with Crippen LogP contribution in [0.4, 0.5) is 0 Å². The summed E-state index contributed by atoms with van der Waals surface area (Å²) in [5.41, 5.74) is 5.74. The standard InChI is InChI=1S/C19H16N2/c1-3-7-12-14-10-11-15-13-8-5-6-9-17(13)21-19(15)18(14)20-16(12)4-2/h3-11,20-21H,2H2,1H3/b7-3-. The summed E-state index contributed by atoms with van der Waals surface area (Å²) in [6.07, 6.45) is 6.07. The molecule has 0 saturated heterocycles. The third-order valence-electron chi connectivity index (χ3n) is 4.06. The Bertz CT molecular complexity index is 1010. The van der Waals surface area contributed by atoms with E-state index in [4.69, 9.17) is 0 Å². The summed E-state index contributed by atoms with van der Waals surface area (Å²) in [5.74, 6) is 0. The van der Waals surface area contributed by atoms with Crippen molar-refractivity contribution < 1.29 is 0 Å². The van der Waals surface area contributed by atoms with Crippen LogP contribution in [0.5, 0.6) is 0 Å². The van der Waals surface area contributed by atoms with Gasteiger partial charge in [-0.15, -0.1) is 0 Å². The number of benzene rings is 2. The first-order chi connectivity index (χ1) is 10.3. The maximum absolute atomic E-state index is 3.92. The molecule has 2 nitrogen and oxygen atoms in total. The molecule has 0 spiro atoms. The Morgan fingerprint density at radius 2 is 1.67 bits per heavy atom. The molecule has 4 rings (SSSR count). The number of hydrogen-bond donors (Lipinski definition) is 2. The lowest BCUT2D eigenvalue weighted by Crippen LogP contribution is -1.73. The van der Waals surface area contributed by atoms with Crippen LogP contribution in [-0.4, -0.2) is 9.97 Å². The highest BCUT2D eigenvalue weighted by molar-refractivity contribution is 6.17. The van der Waals surface area contributed by atoms with Crippen molar-refractivity contribution in [1.82, 2.24) is 9.97 Å². The number of H-pyrrole nitrogens is 2. The number of allylic oxidation sites excluding steroid dienone is 1. The minimum atomic E-state index is 1.06. The molecule has 2 N–H and O–H groups in total. The number of aromatic amines is 2. The van der Waals surface area contributed by atoms with Crippen molar-refractivity contribution in [2.45, 2.75) is 6.92 Å². The van der Waals surface area contributed by atoms with Gasteiger partial charge in [0.15, 0.2) is 0 Å². The molecule has 0 radical (unpaired) electrons. The fourth-order valence-corrected chi connectivity index (χ4v) is 3.13. The van der Waals surface area contributed by atoms with E-state index in [1.54, 1.807) is 0 Å². The molecule has 21 heavy (non-hydrogen) atoms. The van der Waals surface area contributed by atoms with E-state index in [0.717, 1.165) is 16.7 Å². The van der Waals surface area contributed by atoms with E-state index in [1.807, 2.05) is 13.0 Å². The highest BCUT2D eigenvalue weighted by atomic mass is 14.8. The van der Waals surface area contributed by atoms with Gasteiger partial charge < -0.3 is 9.97 Å². The highest BCUT2D eigenvalue weighted by Crippen LogP contribution is 2.34. The van der Waals surface area contributed by atoms with Gasteiger partial charge in [-0.2, -0.15) is 0 Å². The van der Waals surface area contributed by atoms with E-state index in [1.165, 1.54) is 27.2 Å². The van der Waals surface area contributed by atoms with E-state index < -0.39 is 0 Å². The van der Waals surface area contributed by atoms with Gasteiger partial charge in [0.25, 0.3) is 0 Å². The minimum absolute atomic E-state index is 1.06. The summed E-state index contributed by atoms with van der Waals surface area (Å²) in [6.45, 7) is 5.95. The molecule has 2 heteroatoms. The molecule has 0 fully saturated rings. The van der Waals surface area contributed by atoms with Crippen molar-refractivity contribution in [2.24, 2.45) is 0 Å². The molecular weight excluding hydrogens is 256 g/mol. The molecule has 0 aliphatic rings. The van der Waals surface area contributed by atoms with Gasteiger partial charge in [0.2, 0.25) is 0 Å². The number of nitrogens with one attached hydrogen (secondary N) is 2. The normalized spacial score (nSPS) is 12.0. The summed E-state index contributed by atoms with van der Waals surface area (Å²) in [6, 6.07) is 12.8. The predicted octanol–water partition coefficient (Wildman–Crippen LogP) is 5.48. The average molecular weight is 272 g/mol. The number of hydrogen-bond acceptors (Lipinski definition) is 0. The van der Waals surface area contributed by atoms with Crippen molar-refractivity contribution in [2.75, 3.05) is 0 Å². The highest BCUT2D eigenvalue weighted by Gasteiger charge is 2.12. The second-order valence-electron chi connectivity index (χ2n) is 5.24. The molecule has 0 bridgehead atoms. The maximum atomic E-state index is 3.92. The van der Waals surface area contributed by atoms with E-state index in [9.17, 15) is 0 Å². The topological polar surface area (TPSA) is 31.6 Å². The molecule has 2 aromatic heterocycles.